The van der Waals surface area contributed by atoms with Crippen LogP contribution in [0.4, 0.5) is 0 Å². The van der Waals surface area contributed by atoms with Crippen LogP contribution in [-0.2, 0) is 6.42 Å². The van der Waals surface area contributed by atoms with Crippen molar-refractivity contribution in [2.24, 2.45) is 5.73 Å². The Labute approximate surface area is 165 Å². The van der Waals surface area contributed by atoms with E-state index in [1.165, 1.54) is 29.6 Å². The minimum absolute atomic E-state index is 0.0468. The average Bonchev–Trinajstić information content (AvgIpc) is 3.23. The fourth-order valence-electron chi connectivity index (χ4n) is 2.61. The Morgan fingerprint density at radius 3 is 2.67 bits per heavy atom. The highest BCUT2D eigenvalue weighted by Crippen LogP contribution is 2.32. The predicted octanol–water partition coefficient (Wildman–Crippen LogP) is 3.87. The van der Waals surface area contributed by atoms with Gasteiger partial charge >= 0.3 is 0 Å². The highest BCUT2D eigenvalue weighted by Gasteiger charge is 2.16. The van der Waals surface area contributed by atoms with Gasteiger partial charge in [0.05, 0.1) is 27.9 Å². The number of nitrogens with two attached hydrogens (primary N) is 1. The van der Waals surface area contributed by atoms with Gasteiger partial charge in [0.1, 0.15) is 5.75 Å². The smallest absolute Gasteiger partial charge is 0.248 e. The van der Waals surface area contributed by atoms with Crippen LogP contribution in [0.25, 0.3) is 10.6 Å². The van der Waals surface area contributed by atoms with Crippen LogP contribution in [0, 0.1) is 6.92 Å². The highest BCUT2D eigenvalue weighted by molar-refractivity contribution is 7.17. The van der Waals surface area contributed by atoms with Crippen molar-refractivity contribution in [3.05, 3.63) is 50.4 Å². The van der Waals surface area contributed by atoms with E-state index in [1.807, 2.05) is 19.2 Å². The largest absolute Gasteiger partial charge is 0.494 e. The fourth-order valence-corrected chi connectivity index (χ4v) is 4.42. The molecule has 0 bridgehead atoms. The molecular weight excluding hydrogens is 382 g/mol. The van der Waals surface area contributed by atoms with Crippen LogP contribution in [-0.4, -0.2) is 28.3 Å². The molecule has 0 unspecified atom stereocenters. The Hall–Kier alpha value is -2.58. The standard InChI is InChI=1S/C19H19N3O3S2/c1-4-25-15-6-5-12(18(20)24)7-13(15)8-16-22-14(9-26-16)17-10(2)21-19(27-17)11(3)23/h5-7,9H,4,8H2,1-3H3,(H2,20,24). The fraction of sp³-hybridized carbons (Fsp3) is 0.263. The van der Waals surface area contributed by atoms with Gasteiger partial charge < -0.3 is 10.5 Å². The highest BCUT2D eigenvalue weighted by atomic mass is 32.1. The number of carbonyl (C=O) groups excluding carboxylic acids is 2. The number of rotatable bonds is 7. The normalized spacial score (nSPS) is 10.8. The molecule has 2 N–H and O–H groups in total. The first-order valence-corrected chi connectivity index (χ1v) is 10.1. The lowest BCUT2D eigenvalue weighted by Crippen LogP contribution is -2.11. The van der Waals surface area contributed by atoms with Gasteiger partial charge in [-0.1, -0.05) is 0 Å². The second-order valence-corrected chi connectivity index (χ2v) is 7.85. The Morgan fingerprint density at radius 1 is 1.26 bits per heavy atom. The molecular formula is C19H19N3O3S2. The molecule has 0 atom stereocenters. The van der Waals surface area contributed by atoms with Crippen LogP contribution < -0.4 is 10.5 Å². The molecule has 140 valence electrons. The number of thiazole rings is 2. The summed E-state index contributed by atoms with van der Waals surface area (Å²) in [6.07, 6.45) is 0.526. The first-order valence-electron chi connectivity index (χ1n) is 8.37. The van der Waals surface area contributed by atoms with Crippen LogP contribution in [0.2, 0.25) is 0 Å². The van der Waals surface area contributed by atoms with Crippen LogP contribution in [0.15, 0.2) is 23.6 Å². The van der Waals surface area contributed by atoms with Gasteiger partial charge in [-0.2, -0.15) is 0 Å². The van der Waals surface area contributed by atoms with E-state index in [0.29, 0.717) is 29.3 Å². The first-order chi connectivity index (χ1) is 12.9. The van der Waals surface area contributed by atoms with Crippen molar-refractivity contribution in [2.45, 2.75) is 27.2 Å². The molecule has 8 heteroatoms. The van der Waals surface area contributed by atoms with Crippen molar-refractivity contribution in [1.82, 2.24) is 9.97 Å². The lowest BCUT2D eigenvalue weighted by atomic mass is 10.1. The van der Waals surface area contributed by atoms with Gasteiger partial charge in [-0.05, 0) is 32.0 Å². The van der Waals surface area contributed by atoms with Gasteiger partial charge in [-0.15, -0.1) is 22.7 Å². The quantitative estimate of drug-likeness (QED) is 0.607. The van der Waals surface area contributed by atoms with Gasteiger partial charge in [0.2, 0.25) is 5.91 Å². The van der Waals surface area contributed by atoms with E-state index in [9.17, 15) is 9.59 Å². The number of Topliss-reactive ketones (excluding diaryl/α,β-unsaturated/α-hetero) is 1. The summed E-state index contributed by atoms with van der Waals surface area (Å²) in [5.74, 6) is 0.192. The number of hydrogen-bond acceptors (Lipinski definition) is 7. The number of hydrogen-bond donors (Lipinski definition) is 1. The van der Waals surface area contributed by atoms with E-state index in [4.69, 9.17) is 15.5 Å². The minimum atomic E-state index is -0.476. The maximum atomic E-state index is 11.6. The number of aromatic nitrogens is 2. The van der Waals surface area contributed by atoms with Crippen LogP contribution in [0.3, 0.4) is 0 Å². The van der Waals surface area contributed by atoms with Crippen molar-refractivity contribution >= 4 is 34.4 Å². The molecule has 1 amide bonds. The molecule has 0 saturated heterocycles. The van der Waals surface area contributed by atoms with Gasteiger partial charge in [-0.3, -0.25) is 9.59 Å². The van der Waals surface area contributed by atoms with Crippen molar-refractivity contribution < 1.29 is 14.3 Å². The molecule has 0 spiro atoms. The van der Waals surface area contributed by atoms with Crippen LogP contribution in [0.1, 0.15) is 50.3 Å². The zero-order valence-corrected chi connectivity index (χ0v) is 16.9. The summed E-state index contributed by atoms with van der Waals surface area (Å²) in [6, 6.07) is 5.17. The van der Waals surface area contributed by atoms with Crippen molar-refractivity contribution in [3.63, 3.8) is 0 Å². The molecule has 0 aliphatic rings. The maximum absolute atomic E-state index is 11.6. The molecule has 27 heavy (non-hydrogen) atoms. The van der Waals surface area contributed by atoms with Gasteiger partial charge in [0.25, 0.3) is 0 Å². The van der Waals surface area contributed by atoms with E-state index in [1.54, 1.807) is 18.2 Å². The number of ketones is 1. The molecule has 6 nitrogen and oxygen atoms in total. The second-order valence-electron chi connectivity index (χ2n) is 5.91. The molecule has 3 rings (SSSR count). The van der Waals surface area contributed by atoms with Gasteiger partial charge in [0.15, 0.2) is 10.8 Å². The first kappa shape index (κ1) is 19.2. The third kappa shape index (κ3) is 4.23. The SMILES string of the molecule is CCOc1ccc(C(N)=O)cc1Cc1nc(-c2sc(C(C)=O)nc2C)cs1. The minimum Gasteiger partial charge on any atom is -0.494 e. The van der Waals surface area contributed by atoms with Gasteiger partial charge in [-0.25, -0.2) is 9.97 Å². The lowest BCUT2D eigenvalue weighted by Gasteiger charge is -2.10. The monoisotopic (exact) mass is 401 g/mol. The summed E-state index contributed by atoms with van der Waals surface area (Å²) in [5, 5.41) is 3.33. The summed E-state index contributed by atoms with van der Waals surface area (Å²) in [5.41, 5.74) is 8.30. The number of aryl methyl sites for hydroxylation is 1. The Morgan fingerprint density at radius 2 is 2.04 bits per heavy atom. The third-order valence-corrected chi connectivity index (χ3v) is 6.00. The van der Waals surface area contributed by atoms with Crippen LogP contribution in [0.5, 0.6) is 5.75 Å². The number of ether oxygens (including phenoxy) is 1. The summed E-state index contributed by atoms with van der Waals surface area (Å²) in [4.78, 5) is 33.0. The van der Waals surface area contributed by atoms with E-state index >= 15 is 0 Å². The summed E-state index contributed by atoms with van der Waals surface area (Å²) in [7, 11) is 0. The number of benzene rings is 1. The topological polar surface area (TPSA) is 95.2 Å². The number of primary amides is 1. The summed E-state index contributed by atoms with van der Waals surface area (Å²) >= 11 is 2.87. The number of nitrogens with zero attached hydrogens (tertiary/aromatic N) is 2. The zero-order chi connectivity index (χ0) is 19.6. The van der Waals surface area contributed by atoms with Gasteiger partial charge in [0, 0.05) is 29.9 Å². The average molecular weight is 402 g/mol. The van der Waals surface area contributed by atoms with E-state index in [0.717, 1.165) is 26.8 Å². The van der Waals surface area contributed by atoms with Crippen molar-refractivity contribution in [3.8, 4) is 16.3 Å². The molecule has 0 saturated carbocycles. The molecule has 0 radical (unpaired) electrons. The second kappa shape index (κ2) is 7.98. The number of amides is 1. The lowest BCUT2D eigenvalue weighted by molar-refractivity contribution is 0.0996. The van der Waals surface area contributed by atoms with Crippen molar-refractivity contribution in [1.29, 1.82) is 0 Å². The summed E-state index contributed by atoms with van der Waals surface area (Å²) in [6.45, 7) is 5.82. The van der Waals surface area contributed by atoms with E-state index in [2.05, 4.69) is 4.98 Å². The Kier molecular flexibility index (Phi) is 5.67. The van der Waals surface area contributed by atoms with E-state index in [-0.39, 0.29) is 5.78 Å². The number of carbonyl (C=O) groups is 2. The molecule has 2 heterocycles. The molecule has 3 aromatic rings. The maximum Gasteiger partial charge on any atom is 0.248 e. The molecule has 2 aromatic heterocycles. The Bertz CT molecular complexity index is 1010. The summed E-state index contributed by atoms with van der Waals surface area (Å²) < 4.78 is 5.66. The molecule has 0 fully saturated rings. The van der Waals surface area contributed by atoms with E-state index < -0.39 is 5.91 Å². The third-order valence-electron chi connectivity index (χ3n) is 3.87. The van der Waals surface area contributed by atoms with Crippen LogP contribution >= 0.6 is 22.7 Å². The zero-order valence-electron chi connectivity index (χ0n) is 15.2. The molecule has 0 aliphatic heterocycles. The molecule has 1 aromatic carbocycles. The predicted molar refractivity (Wildman–Crippen MR) is 107 cm³/mol. The Balaban J connectivity index is 1.91. The molecule has 0 aliphatic carbocycles. The van der Waals surface area contributed by atoms with Crippen molar-refractivity contribution in [2.75, 3.05) is 6.61 Å².